The van der Waals surface area contributed by atoms with Crippen LogP contribution in [0.5, 0.6) is 0 Å². The Labute approximate surface area is 79.4 Å². The molecule has 0 aromatic carbocycles. The van der Waals surface area contributed by atoms with Crippen molar-refractivity contribution >= 4 is 5.97 Å². The van der Waals surface area contributed by atoms with Gasteiger partial charge in [0.15, 0.2) is 0 Å². The first kappa shape index (κ1) is 12.0. The largest absolute Gasteiger partial charge is 0.512 e. The molecule has 1 N–H and O–H groups in total. The predicted molar refractivity (Wildman–Crippen MR) is 51.5 cm³/mol. The topological polar surface area (TPSA) is 46.5 Å². The van der Waals surface area contributed by atoms with Crippen molar-refractivity contribution in [2.75, 3.05) is 6.61 Å². The number of rotatable bonds is 5. The molecule has 0 aliphatic rings. The maximum atomic E-state index is 11.3. The molecule has 3 nitrogen and oxygen atoms in total. The van der Waals surface area contributed by atoms with Gasteiger partial charge >= 0.3 is 5.97 Å². The zero-order chi connectivity index (χ0) is 10.3. The van der Waals surface area contributed by atoms with E-state index in [2.05, 4.69) is 0 Å². The third kappa shape index (κ3) is 4.55. The molecular weight excluding hydrogens is 168 g/mol. The van der Waals surface area contributed by atoms with E-state index < -0.39 is 5.97 Å². The molecule has 0 aliphatic carbocycles. The van der Waals surface area contributed by atoms with E-state index in [9.17, 15) is 9.90 Å². The average molecular weight is 186 g/mol. The van der Waals surface area contributed by atoms with E-state index in [1.54, 1.807) is 6.92 Å². The van der Waals surface area contributed by atoms with Crippen molar-refractivity contribution in [2.45, 2.75) is 40.0 Å². The van der Waals surface area contributed by atoms with E-state index in [-0.39, 0.29) is 5.76 Å². The van der Waals surface area contributed by atoms with Crippen LogP contribution >= 0.6 is 0 Å². The minimum Gasteiger partial charge on any atom is -0.512 e. The first-order valence-electron chi connectivity index (χ1n) is 4.69. The van der Waals surface area contributed by atoms with Crippen LogP contribution in [0.15, 0.2) is 11.3 Å². The van der Waals surface area contributed by atoms with Crippen LogP contribution in [0.2, 0.25) is 0 Å². The Morgan fingerprint density at radius 1 is 1.38 bits per heavy atom. The monoisotopic (exact) mass is 186 g/mol. The van der Waals surface area contributed by atoms with Gasteiger partial charge < -0.3 is 9.84 Å². The lowest BCUT2D eigenvalue weighted by atomic mass is 10.1. The van der Waals surface area contributed by atoms with Gasteiger partial charge in [0, 0.05) is 0 Å². The molecule has 0 amide bonds. The Morgan fingerprint density at radius 3 is 2.38 bits per heavy atom. The van der Waals surface area contributed by atoms with Gasteiger partial charge in [-0.2, -0.15) is 0 Å². The van der Waals surface area contributed by atoms with E-state index in [1.165, 1.54) is 6.92 Å². The molecule has 0 rings (SSSR count). The fourth-order valence-corrected chi connectivity index (χ4v) is 1.00. The summed E-state index contributed by atoms with van der Waals surface area (Å²) in [7, 11) is 0. The maximum absolute atomic E-state index is 11.3. The second-order valence-corrected chi connectivity index (χ2v) is 2.89. The van der Waals surface area contributed by atoms with Crippen LogP contribution in [-0.4, -0.2) is 17.7 Å². The highest BCUT2D eigenvalue weighted by Crippen LogP contribution is 2.12. The number of carbonyl (C=O) groups excluding carboxylic acids is 1. The SMILES string of the molecule is CCCC/C(C(=O)OCC)=C(\C)O. The molecule has 0 unspecified atom stereocenters. The number of hydrogen-bond donors (Lipinski definition) is 1. The van der Waals surface area contributed by atoms with Crippen molar-refractivity contribution in [2.24, 2.45) is 0 Å². The molecular formula is C10H18O3. The normalized spacial score (nSPS) is 12.2. The van der Waals surface area contributed by atoms with Gasteiger partial charge in [0.25, 0.3) is 0 Å². The van der Waals surface area contributed by atoms with Crippen molar-refractivity contribution in [3.63, 3.8) is 0 Å². The van der Waals surface area contributed by atoms with Crippen molar-refractivity contribution < 1.29 is 14.6 Å². The molecule has 0 bridgehead atoms. The molecule has 13 heavy (non-hydrogen) atoms. The Balaban J connectivity index is 4.27. The lowest BCUT2D eigenvalue weighted by Crippen LogP contribution is -2.09. The number of allylic oxidation sites excluding steroid dienone is 1. The molecule has 0 spiro atoms. The van der Waals surface area contributed by atoms with Gasteiger partial charge in [-0.25, -0.2) is 4.79 Å². The molecule has 0 radical (unpaired) electrons. The summed E-state index contributed by atoms with van der Waals surface area (Å²) in [6, 6.07) is 0. The van der Waals surface area contributed by atoms with Crippen molar-refractivity contribution in [1.29, 1.82) is 0 Å². The van der Waals surface area contributed by atoms with Crippen LogP contribution in [0.3, 0.4) is 0 Å². The number of hydrogen-bond acceptors (Lipinski definition) is 3. The summed E-state index contributed by atoms with van der Waals surface area (Å²) in [5.41, 5.74) is 0.406. The van der Waals surface area contributed by atoms with Crippen LogP contribution in [0.4, 0.5) is 0 Å². The van der Waals surface area contributed by atoms with Gasteiger partial charge in [-0.05, 0) is 26.7 Å². The first-order chi connectivity index (χ1) is 6.13. The zero-order valence-electron chi connectivity index (χ0n) is 8.59. The minimum absolute atomic E-state index is 0.0758. The van der Waals surface area contributed by atoms with Gasteiger partial charge in [-0.15, -0.1) is 0 Å². The summed E-state index contributed by atoms with van der Waals surface area (Å²) >= 11 is 0. The summed E-state index contributed by atoms with van der Waals surface area (Å²) in [4.78, 5) is 11.3. The Kier molecular flexibility index (Phi) is 6.02. The van der Waals surface area contributed by atoms with Crippen LogP contribution in [-0.2, 0) is 9.53 Å². The van der Waals surface area contributed by atoms with Gasteiger partial charge in [0.2, 0.25) is 0 Å². The molecule has 3 heteroatoms. The second-order valence-electron chi connectivity index (χ2n) is 2.89. The number of aliphatic hydroxyl groups excluding tert-OH is 1. The number of carbonyl (C=O) groups is 1. The van der Waals surface area contributed by atoms with Gasteiger partial charge in [0.1, 0.15) is 0 Å². The number of unbranched alkanes of at least 4 members (excludes halogenated alkanes) is 1. The highest BCUT2D eigenvalue weighted by molar-refractivity contribution is 5.88. The number of aliphatic hydroxyl groups is 1. The standard InChI is InChI=1S/C10H18O3/c1-4-6-7-9(8(3)11)10(12)13-5-2/h11H,4-7H2,1-3H3/b9-8-. The third-order valence-corrected chi connectivity index (χ3v) is 1.74. The van der Waals surface area contributed by atoms with Crippen molar-refractivity contribution in [3.8, 4) is 0 Å². The Morgan fingerprint density at radius 2 is 2.00 bits per heavy atom. The first-order valence-corrected chi connectivity index (χ1v) is 4.69. The summed E-state index contributed by atoms with van der Waals surface area (Å²) in [6.07, 6.45) is 2.49. The number of ether oxygens (including phenoxy) is 1. The van der Waals surface area contributed by atoms with Crippen LogP contribution in [0.1, 0.15) is 40.0 Å². The number of esters is 1. The second kappa shape index (κ2) is 6.52. The molecule has 0 fully saturated rings. The van der Waals surface area contributed by atoms with Crippen molar-refractivity contribution in [3.05, 3.63) is 11.3 Å². The van der Waals surface area contributed by atoms with E-state index >= 15 is 0 Å². The molecule has 0 aromatic heterocycles. The lowest BCUT2D eigenvalue weighted by molar-refractivity contribution is -0.138. The van der Waals surface area contributed by atoms with Crippen LogP contribution in [0, 0.1) is 0 Å². The fourth-order valence-electron chi connectivity index (χ4n) is 1.00. The summed E-state index contributed by atoms with van der Waals surface area (Å²) in [5, 5.41) is 9.21. The summed E-state index contributed by atoms with van der Waals surface area (Å²) < 4.78 is 4.81. The maximum Gasteiger partial charge on any atom is 0.337 e. The van der Waals surface area contributed by atoms with Gasteiger partial charge in [0.05, 0.1) is 17.9 Å². The van der Waals surface area contributed by atoms with Gasteiger partial charge in [-0.3, -0.25) is 0 Å². The lowest BCUT2D eigenvalue weighted by Gasteiger charge is -2.06. The third-order valence-electron chi connectivity index (χ3n) is 1.74. The summed E-state index contributed by atoms with van der Waals surface area (Å²) in [6.45, 7) is 5.65. The van der Waals surface area contributed by atoms with E-state index in [4.69, 9.17) is 4.74 Å². The van der Waals surface area contributed by atoms with Crippen molar-refractivity contribution in [1.82, 2.24) is 0 Å². The average Bonchev–Trinajstić information content (AvgIpc) is 2.05. The summed E-state index contributed by atoms with van der Waals surface area (Å²) in [5.74, 6) is -0.317. The molecule has 0 heterocycles. The molecule has 0 saturated carbocycles. The molecule has 0 aromatic rings. The van der Waals surface area contributed by atoms with Crippen LogP contribution in [0.25, 0.3) is 0 Å². The molecule has 0 saturated heterocycles. The smallest absolute Gasteiger partial charge is 0.337 e. The van der Waals surface area contributed by atoms with E-state index in [1.807, 2.05) is 6.92 Å². The molecule has 0 aliphatic heterocycles. The highest BCUT2D eigenvalue weighted by Gasteiger charge is 2.12. The van der Waals surface area contributed by atoms with E-state index in [0.29, 0.717) is 18.6 Å². The van der Waals surface area contributed by atoms with Crippen LogP contribution < -0.4 is 0 Å². The van der Waals surface area contributed by atoms with Gasteiger partial charge in [-0.1, -0.05) is 13.3 Å². The predicted octanol–water partition coefficient (Wildman–Crippen LogP) is 2.57. The Hall–Kier alpha value is -0.990. The highest BCUT2D eigenvalue weighted by atomic mass is 16.5. The molecule has 0 atom stereocenters. The molecule has 76 valence electrons. The minimum atomic E-state index is -0.393. The Bertz CT molecular complexity index is 190. The quantitative estimate of drug-likeness (QED) is 0.408. The fraction of sp³-hybridized carbons (Fsp3) is 0.700. The zero-order valence-corrected chi connectivity index (χ0v) is 8.59. The van der Waals surface area contributed by atoms with E-state index in [0.717, 1.165) is 12.8 Å².